The molecule has 20 heavy (non-hydrogen) atoms. The predicted molar refractivity (Wildman–Crippen MR) is 72.1 cm³/mol. The molecule has 0 aliphatic carbocycles. The molecule has 0 unspecified atom stereocenters. The Labute approximate surface area is 118 Å². The minimum atomic E-state index is -0.215. The summed E-state index contributed by atoms with van der Waals surface area (Å²) in [5.74, 6) is 0.342. The van der Waals surface area contributed by atoms with Crippen LogP contribution in [-0.2, 0) is 14.4 Å². The highest BCUT2D eigenvalue weighted by atomic mass is 16.7. The van der Waals surface area contributed by atoms with Crippen LogP contribution in [0.2, 0.25) is 0 Å². The maximum atomic E-state index is 11.7. The number of carbonyl (C=O) groups is 2. The monoisotopic (exact) mass is 280 g/mol. The standard InChI is InChI=1S/C14H22N3O3/c18-12-5-6-13(19)17(12)20-14(16-9-3-4-10-16)11-15-7-1-2-8-15/h1-11H2/q+1. The van der Waals surface area contributed by atoms with Crippen LogP contribution < -0.4 is 0 Å². The number of likely N-dealkylation sites (tertiary alicyclic amines) is 1. The van der Waals surface area contributed by atoms with E-state index in [2.05, 4.69) is 9.48 Å². The molecule has 6 heteroatoms. The average molecular weight is 280 g/mol. The summed E-state index contributed by atoms with van der Waals surface area (Å²) in [5.41, 5.74) is 0. The van der Waals surface area contributed by atoms with Crippen LogP contribution in [0.1, 0.15) is 38.5 Å². The maximum Gasteiger partial charge on any atom is 0.376 e. The molecule has 3 heterocycles. The van der Waals surface area contributed by atoms with Gasteiger partial charge in [-0.2, -0.15) is 4.58 Å². The molecule has 3 saturated heterocycles. The van der Waals surface area contributed by atoms with Crippen LogP contribution in [0.4, 0.5) is 0 Å². The smallest absolute Gasteiger partial charge is 0.309 e. The van der Waals surface area contributed by atoms with Crippen molar-refractivity contribution in [3.63, 3.8) is 0 Å². The Morgan fingerprint density at radius 3 is 2.20 bits per heavy atom. The Bertz CT molecular complexity index is 417. The molecule has 0 aromatic heterocycles. The second kappa shape index (κ2) is 5.91. The highest BCUT2D eigenvalue weighted by Gasteiger charge is 2.36. The van der Waals surface area contributed by atoms with Crippen LogP contribution in [0.5, 0.6) is 0 Å². The van der Waals surface area contributed by atoms with Crippen molar-refractivity contribution < 1.29 is 19.0 Å². The first-order valence-corrected chi connectivity index (χ1v) is 7.61. The molecule has 110 valence electrons. The van der Waals surface area contributed by atoms with Crippen LogP contribution in [0.3, 0.4) is 0 Å². The van der Waals surface area contributed by atoms with Gasteiger partial charge in [-0.05, 0) is 25.9 Å². The van der Waals surface area contributed by atoms with Gasteiger partial charge in [-0.1, -0.05) is 0 Å². The summed E-state index contributed by atoms with van der Waals surface area (Å²) in [7, 11) is 0. The van der Waals surface area contributed by atoms with E-state index in [4.69, 9.17) is 4.84 Å². The first kappa shape index (κ1) is 13.5. The van der Waals surface area contributed by atoms with E-state index in [0.717, 1.165) is 50.0 Å². The van der Waals surface area contributed by atoms with E-state index in [1.165, 1.54) is 12.8 Å². The van der Waals surface area contributed by atoms with Gasteiger partial charge in [-0.3, -0.25) is 14.5 Å². The molecule has 0 atom stereocenters. The lowest BCUT2D eigenvalue weighted by Gasteiger charge is -2.18. The molecular weight excluding hydrogens is 258 g/mol. The highest BCUT2D eigenvalue weighted by molar-refractivity contribution is 6.01. The molecule has 0 aromatic rings. The molecule has 0 aromatic carbocycles. The van der Waals surface area contributed by atoms with E-state index in [1.807, 2.05) is 0 Å². The van der Waals surface area contributed by atoms with E-state index in [1.54, 1.807) is 0 Å². The molecule has 6 nitrogen and oxygen atoms in total. The molecule has 0 bridgehead atoms. The van der Waals surface area contributed by atoms with Gasteiger partial charge in [0.05, 0.1) is 0 Å². The van der Waals surface area contributed by atoms with Crippen molar-refractivity contribution in [2.24, 2.45) is 0 Å². The van der Waals surface area contributed by atoms with Crippen molar-refractivity contribution in [1.29, 1.82) is 0 Å². The quantitative estimate of drug-likeness (QED) is 0.426. The van der Waals surface area contributed by atoms with Gasteiger partial charge in [0.1, 0.15) is 19.6 Å². The SMILES string of the molecule is O=C1CCC(=O)N1OC(CN1CCCC1)=[N+]1CCCC1. The van der Waals surface area contributed by atoms with Crippen LogP contribution >= 0.6 is 0 Å². The number of hydroxylamine groups is 2. The molecule has 0 spiro atoms. The number of amides is 2. The van der Waals surface area contributed by atoms with Crippen LogP contribution in [-0.4, -0.2) is 65.0 Å². The fraction of sp³-hybridized carbons (Fsp3) is 0.786. The normalized spacial score (nSPS) is 24.0. The molecule has 0 saturated carbocycles. The summed E-state index contributed by atoms with van der Waals surface area (Å²) in [6.45, 7) is 4.76. The third-order valence-electron chi connectivity index (χ3n) is 4.22. The largest absolute Gasteiger partial charge is 0.376 e. The topological polar surface area (TPSA) is 52.9 Å². The van der Waals surface area contributed by atoms with Crippen molar-refractivity contribution in [3.05, 3.63) is 0 Å². The molecule has 0 N–H and O–H groups in total. The Balaban J connectivity index is 1.73. The molecule has 3 aliphatic heterocycles. The van der Waals surface area contributed by atoms with E-state index in [9.17, 15) is 9.59 Å². The molecule has 3 rings (SSSR count). The summed E-state index contributed by atoms with van der Waals surface area (Å²) in [6.07, 6.45) is 5.28. The fourth-order valence-electron chi connectivity index (χ4n) is 3.05. The Kier molecular flexibility index (Phi) is 4.00. The van der Waals surface area contributed by atoms with E-state index < -0.39 is 0 Å². The summed E-state index contributed by atoms with van der Waals surface area (Å²) < 4.78 is 2.18. The van der Waals surface area contributed by atoms with Crippen molar-refractivity contribution in [1.82, 2.24) is 9.96 Å². The van der Waals surface area contributed by atoms with Crippen LogP contribution in [0.15, 0.2) is 0 Å². The summed E-state index contributed by atoms with van der Waals surface area (Å²) in [6, 6.07) is 0. The van der Waals surface area contributed by atoms with Gasteiger partial charge in [0.15, 0.2) is 0 Å². The van der Waals surface area contributed by atoms with Crippen molar-refractivity contribution in [2.75, 3.05) is 32.7 Å². The average Bonchev–Trinajstić information content (AvgIpc) is 3.15. The van der Waals surface area contributed by atoms with E-state index in [0.29, 0.717) is 6.54 Å². The number of hydrogen-bond acceptors (Lipinski definition) is 4. The number of imide groups is 1. The number of nitrogens with zero attached hydrogens (tertiary/aromatic N) is 3. The zero-order valence-corrected chi connectivity index (χ0v) is 11.8. The minimum absolute atomic E-state index is 0.215. The number of hydrogen-bond donors (Lipinski definition) is 0. The van der Waals surface area contributed by atoms with Gasteiger partial charge >= 0.3 is 5.90 Å². The summed E-state index contributed by atoms with van der Waals surface area (Å²) in [5, 5.41) is 0.976. The van der Waals surface area contributed by atoms with Crippen molar-refractivity contribution >= 4 is 17.7 Å². The summed E-state index contributed by atoms with van der Waals surface area (Å²) >= 11 is 0. The van der Waals surface area contributed by atoms with Gasteiger partial charge in [0, 0.05) is 25.7 Å². The lowest BCUT2D eigenvalue weighted by molar-refractivity contribution is -0.519. The third-order valence-corrected chi connectivity index (χ3v) is 4.22. The van der Waals surface area contributed by atoms with Crippen LogP contribution in [0, 0.1) is 0 Å². The molecular formula is C14H22N3O3+. The maximum absolute atomic E-state index is 11.7. The lowest BCUT2D eigenvalue weighted by Crippen LogP contribution is -2.41. The van der Waals surface area contributed by atoms with Gasteiger partial charge in [0.2, 0.25) is 0 Å². The van der Waals surface area contributed by atoms with Crippen molar-refractivity contribution in [2.45, 2.75) is 38.5 Å². The second-order valence-corrected chi connectivity index (χ2v) is 5.74. The molecule has 2 amide bonds. The third kappa shape index (κ3) is 2.85. The Morgan fingerprint density at radius 2 is 1.60 bits per heavy atom. The zero-order chi connectivity index (χ0) is 13.9. The van der Waals surface area contributed by atoms with Gasteiger partial charge in [0.25, 0.3) is 11.8 Å². The Hall–Kier alpha value is -1.43. The zero-order valence-electron chi connectivity index (χ0n) is 11.8. The van der Waals surface area contributed by atoms with Crippen LogP contribution in [0.25, 0.3) is 0 Å². The first-order chi connectivity index (χ1) is 9.74. The molecule has 3 aliphatic rings. The van der Waals surface area contributed by atoms with Crippen molar-refractivity contribution in [3.8, 4) is 0 Å². The molecule has 3 fully saturated rings. The minimum Gasteiger partial charge on any atom is -0.309 e. The van der Waals surface area contributed by atoms with E-state index >= 15 is 0 Å². The fourth-order valence-corrected chi connectivity index (χ4v) is 3.05. The summed E-state index contributed by atoms with van der Waals surface area (Å²) in [4.78, 5) is 31.5. The number of carbonyl (C=O) groups excluding carboxylic acids is 2. The lowest BCUT2D eigenvalue weighted by atomic mass is 10.4. The second-order valence-electron chi connectivity index (χ2n) is 5.74. The Morgan fingerprint density at radius 1 is 1.00 bits per heavy atom. The molecule has 0 radical (unpaired) electrons. The van der Waals surface area contributed by atoms with E-state index in [-0.39, 0.29) is 24.7 Å². The predicted octanol–water partition coefficient (Wildman–Crippen LogP) is 0.368. The number of rotatable bonds is 3. The van der Waals surface area contributed by atoms with Gasteiger partial charge < -0.3 is 4.84 Å². The van der Waals surface area contributed by atoms with Gasteiger partial charge in [-0.25, -0.2) is 0 Å². The highest BCUT2D eigenvalue weighted by Crippen LogP contribution is 2.15. The first-order valence-electron chi connectivity index (χ1n) is 7.61. The van der Waals surface area contributed by atoms with Gasteiger partial charge in [-0.15, -0.1) is 5.06 Å².